The van der Waals surface area contributed by atoms with Crippen molar-refractivity contribution in [1.29, 1.82) is 0 Å². The van der Waals surface area contributed by atoms with Crippen molar-refractivity contribution in [3.05, 3.63) is 34.7 Å². The van der Waals surface area contributed by atoms with E-state index in [2.05, 4.69) is 5.32 Å². The summed E-state index contributed by atoms with van der Waals surface area (Å²) < 4.78 is 1.57. The zero-order valence-electron chi connectivity index (χ0n) is 9.56. The van der Waals surface area contributed by atoms with Gasteiger partial charge in [-0.2, -0.15) is 0 Å². The van der Waals surface area contributed by atoms with Crippen molar-refractivity contribution >= 4 is 5.97 Å². The largest absolute Gasteiger partial charge is 0.480 e. The van der Waals surface area contributed by atoms with Crippen LogP contribution in [0.25, 0.3) is 0 Å². The first-order chi connectivity index (χ1) is 8.14. The molecule has 0 amide bonds. The van der Waals surface area contributed by atoms with E-state index >= 15 is 0 Å². The number of pyridine rings is 1. The summed E-state index contributed by atoms with van der Waals surface area (Å²) in [6.07, 6.45) is 4.00. The van der Waals surface area contributed by atoms with Gasteiger partial charge in [0.2, 0.25) is 0 Å². The molecule has 0 bridgehead atoms. The molecule has 0 spiro atoms. The highest BCUT2D eigenvalue weighted by molar-refractivity contribution is 5.79. The van der Waals surface area contributed by atoms with Crippen LogP contribution in [0.5, 0.6) is 0 Å². The van der Waals surface area contributed by atoms with Gasteiger partial charge >= 0.3 is 5.97 Å². The average molecular weight is 236 g/mol. The first-order valence-corrected chi connectivity index (χ1v) is 5.78. The molecular formula is C12H16N2O3. The number of carbonyl (C=O) groups is 1. The summed E-state index contributed by atoms with van der Waals surface area (Å²) in [5, 5.41) is 12.2. The van der Waals surface area contributed by atoms with Gasteiger partial charge in [-0.15, -0.1) is 0 Å². The van der Waals surface area contributed by atoms with Gasteiger partial charge in [0, 0.05) is 25.4 Å². The van der Waals surface area contributed by atoms with Crippen molar-refractivity contribution in [2.45, 2.75) is 31.3 Å². The number of hydrogen-bond donors (Lipinski definition) is 2. The summed E-state index contributed by atoms with van der Waals surface area (Å²) in [5.41, 5.74) is -0.814. The second-order valence-electron chi connectivity index (χ2n) is 4.40. The van der Waals surface area contributed by atoms with E-state index in [9.17, 15) is 9.59 Å². The second kappa shape index (κ2) is 4.71. The first kappa shape index (κ1) is 11.9. The van der Waals surface area contributed by atoms with Gasteiger partial charge in [-0.05, 0) is 25.3 Å². The van der Waals surface area contributed by atoms with E-state index in [1.807, 2.05) is 0 Å². The van der Waals surface area contributed by atoms with Crippen LogP contribution in [0.4, 0.5) is 0 Å². The Morgan fingerprint density at radius 2 is 2.24 bits per heavy atom. The molecule has 17 heavy (non-hydrogen) atoms. The summed E-state index contributed by atoms with van der Waals surface area (Å²) in [6.45, 7) is 0.991. The smallest absolute Gasteiger partial charge is 0.323 e. The van der Waals surface area contributed by atoms with Crippen molar-refractivity contribution in [2.24, 2.45) is 0 Å². The molecule has 0 saturated heterocycles. The van der Waals surface area contributed by atoms with Gasteiger partial charge in [0.25, 0.3) is 5.56 Å². The third-order valence-electron chi connectivity index (χ3n) is 3.33. The Morgan fingerprint density at radius 1 is 1.47 bits per heavy atom. The number of aromatic nitrogens is 1. The molecule has 0 atom stereocenters. The van der Waals surface area contributed by atoms with E-state index in [4.69, 9.17) is 5.11 Å². The van der Waals surface area contributed by atoms with Crippen molar-refractivity contribution in [3.63, 3.8) is 0 Å². The van der Waals surface area contributed by atoms with E-state index in [0.717, 1.165) is 6.42 Å². The van der Waals surface area contributed by atoms with Crippen LogP contribution < -0.4 is 10.9 Å². The van der Waals surface area contributed by atoms with Gasteiger partial charge in [0.05, 0.1) is 0 Å². The minimum Gasteiger partial charge on any atom is -0.480 e. The lowest BCUT2D eigenvalue weighted by Gasteiger charge is -2.38. The first-order valence-electron chi connectivity index (χ1n) is 5.78. The SMILES string of the molecule is O=C(O)C1(NCCn2ccccc2=O)CCC1. The minimum absolute atomic E-state index is 0.0627. The van der Waals surface area contributed by atoms with Gasteiger partial charge in [0.1, 0.15) is 5.54 Å². The molecule has 92 valence electrons. The highest BCUT2D eigenvalue weighted by Crippen LogP contribution is 2.31. The Labute approximate surface area is 99.1 Å². The number of carboxylic acids is 1. The van der Waals surface area contributed by atoms with Crippen molar-refractivity contribution in [3.8, 4) is 0 Å². The summed E-state index contributed by atoms with van der Waals surface area (Å²) in [6, 6.07) is 4.98. The molecule has 5 heteroatoms. The van der Waals surface area contributed by atoms with Crippen molar-refractivity contribution < 1.29 is 9.90 Å². The lowest BCUT2D eigenvalue weighted by molar-refractivity contribution is -0.148. The highest BCUT2D eigenvalue weighted by Gasteiger charge is 2.43. The molecule has 0 unspecified atom stereocenters. The molecule has 1 aliphatic rings. The van der Waals surface area contributed by atoms with Crippen LogP contribution >= 0.6 is 0 Å². The fourth-order valence-corrected chi connectivity index (χ4v) is 2.06. The quantitative estimate of drug-likeness (QED) is 0.778. The zero-order valence-corrected chi connectivity index (χ0v) is 9.56. The second-order valence-corrected chi connectivity index (χ2v) is 4.40. The summed E-state index contributed by atoms with van der Waals surface area (Å²) in [7, 11) is 0. The molecule has 2 N–H and O–H groups in total. The molecule has 1 fully saturated rings. The maximum absolute atomic E-state index is 11.4. The number of carboxylic acid groups (broad SMARTS) is 1. The van der Waals surface area contributed by atoms with E-state index in [-0.39, 0.29) is 5.56 Å². The molecule has 1 aliphatic carbocycles. The van der Waals surface area contributed by atoms with Gasteiger partial charge in [-0.25, -0.2) is 0 Å². The molecule has 1 aromatic heterocycles. The van der Waals surface area contributed by atoms with Crippen molar-refractivity contribution in [1.82, 2.24) is 9.88 Å². The standard InChI is InChI=1S/C12H16N2O3/c15-10-4-1-2-8-14(10)9-7-13-12(11(16)17)5-3-6-12/h1-2,4,8,13H,3,5-7,9H2,(H,16,17). The van der Waals surface area contributed by atoms with Crippen LogP contribution in [0.15, 0.2) is 29.2 Å². The Morgan fingerprint density at radius 3 is 2.76 bits per heavy atom. The summed E-state index contributed by atoms with van der Waals surface area (Å²) in [4.78, 5) is 22.5. The van der Waals surface area contributed by atoms with Crippen LogP contribution in [0.1, 0.15) is 19.3 Å². The Hall–Kier alpha value is -1.62. The third kappa shape index (κ3) is 2.39. The summed E-state index contributed by atoms with van der Waals surface area (Å²) >= 11 is 0. The lowest BCUT2D eigenvalue weighted by Crippen LogP contribution is -2.57. The molecule has 0 aromatic carbocycles. The fourth-order valence-electron chi connectivity index (χ4n) is 2.06. The van der Waals surface area contributed by atoms with E-state index in [0.29, 0.717) is 25.9 Å². The number of nitrogens with zero attached hydrogens (tertiary/aromatic N) is 1. The topological polar surface area (TPSA) is 71.3 Å². The van der Waals surface area contributed by atoms with Crippen LogP contribution in [0.3, 0.4) is 0 Å². The molecule has 1 heterocycles. The van der Waals surface area contributed by atoms with Crippen LogP contribution in [-0.2, 0) is 11.3 Å². The summed E-state index contributed by atoms with van der Waals surface area (Å²) in [5.74, 6) is -0.788. The predicted molar refractivity (Wildman–Crippen MR) is 62.9 cm³/mol. The number of hydrogen-bond acceptors (Lipinski definition) is 3. The zero-order chi connectivity index (χ0) is 12.3. The van der Waals surface area contributed by atoms with E-state index in [1.54, 1.807) is 22.9 Å². The predicted octanol–water partition coefficient (Wildman–Crippen LogP) is 0.445. The molecule has 2 rings (SSSR count). The molecular weight excluding hydrogens is 220 g/mol. The molecule has 1 aromatic rings. The fraction of sp³-hybridized carbons (Fsp3) is 0.500. The van der Waals surface area contributed by atoms with Gasteiger partial charge in [-0.1, -0.05) is 6.07 Å². The Balaban J connectivity index is 1.90. The minimum atomic E-state index is -0.788. The monoisotopic (exact) mass is 236 g/mol. The average Bonchev–Trinajstić information content (AvgIpc) is 2.23. The van der Waals surface area contributed by atoms with Crippen LogP contribution in [0, 0.1) is 0 Å². The molecule has 0 radical (unpaired) electrons. The molecule has 0 aliphatic heterocycles. The maximum atomic E-state index is 11.4. The van der Waals surface area contributed by atoms with Gasteiger partial charge in [-0.3, -0.25) is 9.59 Å². The Bertz CT molecular complexity index is 463. The van der Waals surface area contributed by atoms with Crippen molar-refractivity contribution in [2.75, 3.05) is 6.54 Å². The maximum Gasteiger partial charge on any atom is 0.323 e. The third-order valence-corrected chi connectivity index (χ3v) is 3.33. The highest BCUT2D eigenvalue weighted by atomic mass is 16.4. The number of aliphatic carboxylic acids is 1. The lowest BCUT2D eigenvalue weighted by atomic mass is 9.77. The number of rotatable bonds is 5. The van der Waals surface area contributed by atoms with Gasteiger partial charge < -0.3 is 15.0 Å². The normalized spacial score (nSPS) is 17.4. The number of nitrogens with one attached hydrogen (secondary N) is 1. The Kier molecular flexibility index (Phi) is 3.28. The van der Waals surface area contributed by atoms with E-state index in [1.165, 1.54) is 6.07 Å². The molecule has 1 saturated carbocycles. The van der Waals surface area contributed by atoms with Crippen LogP contribution in [0.2, 0.25) is 0 Å². The van der Waals surface area contributed by atoms with Gasteiger partial charge in [0.15, 0.2) is 0 Å². The van der Waals surface area contributed by atoms with Crippen LogP contribution in [-0.4, -0.2) is 27.7 Å². The molecule has 5 nitrogen and oxygen atoms in total. The van der Waals surface area contributed by atoms with E-state index < -0.39 is 11.5 Å².